The minimum absolute atomic E-state index is 0.0240. The van der Waals surface area contributed by atoms with E-state index in [1.54, 1.807) is 18.6 Å². The molecule has 1 aromatic heterocycles. The summed E-state index contributed by atoms with van der Waals surface area (Å²) in [6.07, 6.45) is 8.60. The van der Waals surface area contributed by atoms with Crippen molar-refractivity contribution in [2.45, 2.75) is 31.7 Å². The molecule has 1 amide bonds. The fourth-order valence-corrected chi connectivity index (χ4v) is 3.12. The predicted molar refractivity (Wildman–Crippen MR) is 92.1 cm³/mol. The van der Waals surface area contributed by atoms with Crippen molar-refractivity contribution in [2.24, 2.45) is 0 Å². The van der Waals surface area contributed by atoms with Crippen molar-refractivity contribution < 1.29 is 9.90 Å². The number of nitrogens with zero attached hydrogens (tertiary/aromatic N) is 3. The number of carbonyl (C=O) groups excluding carboxylic acids is 1. The summed E-state index contributed by atoms with van der Waals surface area (Å²) in [5, 5.41) is 12.4. The smallest absolute Gasteiger partial charge is 0.254 e. The van der Waals surface area contributed by atoms with Gasteiger partial charge in [0.05, 0.1) is 6.20 Å². The molecule has 1 fully saturated rings. The average Bonchev–Trinajstić information content (AvgIpc) is 2.63. The monoisotopic (exact) mass is 326 g/mol. The van der Waals surface area contributed by atoms with Gasteiger partial charge in [-0.15, -0.1) is 0 Å². The lowest BCUT2D eigenvalue weighted by Crippen LogP contribution is -2.44. The number of carbonyl (C=O) groups is 1. The van der Waals surface area contributed by atoms with Gasteiger partial charge in [0, 0.05) is 42.8 Å². The van der Waals surface area contributed by atoms with Crippen LogP contribution in [0.25, 0.3) is 0 Å². The molecule has 0 bridgehead atoms. The average molecular weight is 326 g/mol. The Morgan fingerprint density at radius 2 is 2.25 bits per heavy atom. The van der Waals surface area contributed by atoms with Gasteiger partial charge in [0.25, 0.3) is 5.91 Å². The van der Waals surface area contributed by atoms with E-state index in [0.29, 0.717) is 17.8 Å². The van der Waals surface area contributed by atoms with E-state index in [9.17, 15) is 9.90 Å². The van der Waals surface area contributed by atoms with E-state index in [0.717, 1.165) is 31.5 Å². The van der Waals surface area contributed by atoms with E-state index < -0.39 is 0 Å². The van der Waals surface area contributed by atoms with Crippen molar-refractivity contribution in [3.05, 3.63) is 48.4 Å². The second-order valence-electron chi connectivity index (χ2n) is 5.96. The van der Waals surface area contributed by atoms with Crippen molar-refractivity contribution in [1.82, 2.24) is 14.9 Å². The largest absolute Gasteiger partial charge is 0.396 e. The number of aliphatic hydroxyl groups excluding tert-OH is 1. The van der Waals surface area contributed by atoms with Gasteiger partial charge in [-0.3, -0.25) is 9.78 Å². The van der Waals surface area contributed by atoms with Gasteiger partial charge >= 0.3 is 0 Å². The number of aromatic nitrogens is 2. The number of likely N-dealkylation sites (tertiary alicyclic amines) is 1. The number of hydrogen-bond donors (Lipinski definition) is 2. The summed E-state index contributed by atoms with van der Waals surface area (Å²) in [6.45, 7) is 0.869. The Balaban J connectivity index is 1.76. The molecule has 2 heterocycles. The van der Waals surface area contributed by atoms with Gasteiger partial charge in [0.2, 0.25) is 0 Å². The van der Waals surface area contributed by atoms with Crippen molar-refractivity contribution in [3.8, 4) is 0 Å². The molecule has 3 rings (SSSR count). The molecule has 0 radical (unpaired) electrons. The van der Waals surface area contributed by atoms with E-state index in [4.69, 9.17) is 0 Å². The van der Waals surface area contributed by atoms with Crippen LogP contribution in [-0.4, -0.2) is 45.1 Å². The number of piperidine rings is 1. The molecule has 1 atom stereocenters. The van der Waals surface area contributed by atoms with Crippen LogP contribution in [-0.2, 0) is 0 Å². The number of aliphatic hydroxyl groups is 1. The van der Waals surface area contributed by atoms with Crippen LogP contribution in [0.2, 0.25) is 0 Å². The maximum Gasteiger partial charge on any atom is 0.254 e. The molecule has 6 nitrogen and oxygen atoms in total. The van der Waals surface area contributed by atoms with Crippen LogP contribution in [0.1, 0.15) is 36.0 Å². The lowest BCUT2D eigenvalue weighted by atomic mass is 9.98. The topological polar surface area (TPSA) is 78.4 Å². The van der Waals surface area contributed by atoms with Crippen molar-refractivity contribution in [2.75, 3.05) is 18.5 Å². The number of amides is 1. The van der Waals surface area contributed by atoms with Crippen molar-refractivity contribution in [3.63, 3.8) is 0 Å². The molecule has 1 aliphatic rings. The number of hydrogen-bond acceptors (Lipinski definition) is 5. The molecule has 1 unspecified atom stereocenters. The number of rotatable bonds is 5. The lowest BCUT2D eigenvalue weighted by molar-refractivity contribution is 0.0574. The van der Waals surface area contributed by atoms with Crippen LogP contribution in [0.4, 0.5) is 11.5 Å². The SMILES string of the molecule is O=C(c1cccc(Nc2cnccn2)c1)N1CCCCC1CCO. The molecular formula is C18H22N4O2. The summed E-state index contributed by atoms with van der Waals surface area (Å²) < 4.78 is 0. The summed E-state index contributed by atoms with van der Waals surface area (Å²) >= 11 is 0. The second kappa shape index (κ2) is 7.88. The van der Waals surface area contributed by atoms with Gasteiger partial charge in [-0.1, -0.05) is 6.07 Å². The molecule has 6 heteroatoms. The molecule has 2 N–H and O–H groups in total. The molecular weight excluding hydrogens is 304 g/mol. The minimum atomic E-state index is 0.0240. The van der Waals surface area contributed by atoms with Gasteiger partial charge in [-0.25, -0.2) is 4.98 Å². The first-order valence-electron chi connectivity index (χ1n) is 8.33. The zero-order valence-electron chi connectivity index (χ0n) is 13.6. The van der Waals surface area contributed by atoms with Crippen LogP contribution in [0.5, 0.6) is 0 Å². The molecule has 1 saturated heterocycles. The molecule has 126 valence electrons. The molecule has 0 saturated carbocycles. The standard InChI is InChI=1S/C18H22N4O2/c23-11-7-16-6-1-2-10-22(16)18(24)14-4-3-5-15(12-14)21-17-13-19-8-9-20-17/h3-5,8-9,12-13,16,23H,1-2,6-7,10-11H2,(H,20,21). The summed E-state index contributed by atoms with van der Waals surface area (Å²) in [6, 6.07) is 7.55. The van der Waals surface area contributed by atoms with E-state index in [-0.39, 0.29) is 18.6 Å². The number of nitrogens with one attached hydrogen (secondary N) is 1. The summed E-state index contributed by atoms with van der Waals surface area (Å²) in [5.41, 5.74) is 1.45. The van der Waals surface area contributed by atoms with Gasteiger partial charge in [0.1, 0.15) is 5.82 Å². The van der Waals surface area contributed by atoms with Crippen molar-refractivity contribution in [1.29, 1.82) is 0 Å². The Bertz CT molecular complexity index is 676. The Morgan fingerprint density at radius 1 is 1.33 bits per heavy atom. The molecule has 1 aromatic carbocycles. The fourth-order valence-electron chi connectivity index (χ4n) is 3.12. The number of benzene rings is 1. The van der Waals surface area contributed by atoms with E-state index in [2.05, 4.69) is 15.3 Å². The summed E-state index contributed by atoms with van der Waals surface area (Å²) in [7, 11) is 0. The highest BCUT2D eigenvalue weighted by atomic mass is 16.3. The van der Waals surface area contributed by atoms with Crippen LogP contribution in [0.15, 0.2) is 42.9 Å². The first-order valence-corrected chi connectivity index (χ1v) is 8.33. The third-order valence-electron chi connectivity index (χ3n) is 4.30. The first-order chi connectivity index (χ1) is 11.8. The maximum atomic E-state index is 12.9. The highest BCUT2D eigenvalue weighted by Gasteiger charge is 2.27. The van der Waals surface area contributed by atoms with Gasteiger partial charge in [-0.2, -0.15) is 0 Å². The van der Waals surface area contributed by atoms with Crippen LogP contribution >= 0.6 is 0 Å². The molecule has 24 heavy (non-hydrogen) atoms. The van der Waals surface area contributed by atoms with Crippen LogP contribution < -0.4 is 5.32 Å². The first kappa shape index (κ1) is 16.4. The molecule has 1 aliphatic heterocycles. The van der Waals surface area contributed by atoms with Crippen molar-refractivity contribution >= 4 is 17.4 Å². The normalized spacial score (nSPS) is 17.5. The molecule has 0 aliphatic carbocycles. The lowest BCUT2D eigenvalue weighted by Gasteiger charge is -2.35. The van der Waals surface area contributed by atoms with Crippen LogP contribution in [0, 0.1) is 0 Å². The zero-order chi connectivity index (χ0) is 16.8. The van der Waals surface area contributed by atoms with E-state index in [1.807, 2.05) is 29.2 Å². The van der Waals surface area contributed by atoms with Gasteiger partial charge in [0.15, 0.2) is 0 Å². The van der Waals surface area contributed by atoms with E-state index >= 15 is 0 Å². The quantitative estimate of drug-likeness (QED) is 0.883. The molecule has 0 spiro atoms. The Morgan fingerprint density at radius 3 is 3.04 bits per heavy atom. The predicted octanol–water partition coefficient (Wildman–Crippen LogP) is 2.60. The highest BCUT2D eigenvalue weighted by Crippen LogP contribution is 2.23. The summed E-state index contributed by atoms with van der Waals surface area (Å²) in [5.74, 6) is 0.661. The second-order valence-corrected chi connectivity index (χ2v) is 5.96. The van der Waals surface area contributed by atoms with E-state index in [1.165, 1.54) is 0 Å². The van der Waals surface area contributed by atoms with Gasteiger partial charge in [-0.05, 0) is 43.9 Å². The van der Waals surface area contributed by atoms with Gasteiger partial charge < -0.3 is 15.3 Å². The summed E-state index contributed by atoms with van der Waals surface area (Å²) in [4.78, 5) is 23.0. The Kier molecular flexibility index (Phi) is 5.38. The number of anilines is 2. The Hall–Kier alpha value is -2.47. The molecule has 2 aromatic rings. The Labute approximate surface area is 141 Å². The highest BCUT2D eigenvalue weighted by molar-refractivity contribution is 5.95. The fraction of sp³-hybridized carbons (Fsp3) is 0.389. The van der Waals surface area contributed by atoms with Crippen LogP contribution in [0.3, 0.4) is 0 Å². The third-order valence-corrected chi connectivity index (χ3v) is 4.30. The maximum absolute atomic E-state index is 12.9. The minimum Gasteiger partial charge on any atom is -0.396 e. The zero-order valence-corrected chi connectivity index (χ0v) is 13.6. The third kappa shape index (κ3) is 3.89.